The quantitative estimate of drug-likeness (QED) is 0.467. The normalized spacial score (nSPS) is 11.0. The summed E-state index contributed by atoms with van der Waals surface area (Å²) in [6.45, 7) is 5.18. The zero-order chi connectivity index (χ0) is 20.2. The molecular weight excluding hydrogens is 358 g/mol. The van der Waals surface area contributed by atoms with Crippen LogP contribution in [0.2, 0.25) is 0 Å². The smallest absolute Gasteiger partial charge is 0.273 e. The fourth-order valence-electron chi connectivity index (χ4n) is 3.68. The second-order valence-corrected chi connectivity index (χ2v) is 7.28. The van der Waals surface area contributed by atoms with Gasteiger partial charge in [0.25, 0.3) is 5.91 Å². The van der Waals surface area contributed by atoms with E-state index in [1.165, 1.54) is 0 Å². The number of hydrogen-bond acceptors (Lipinski definition) is 2. The number of carbonyl (C=O) groups excluding carboxylic acids is 1. The Hall–Kier alpha value is -3.40. The molecule has 0 N–H and O–H groups in total. The van der Waals surface area contributed by atoms with E-state index in [9.17, 15) is 4.79 Å². The SMILES string of the molecule is CCc1nc2c(C)cccn2c1C(=O)N(Cc1ccccc1)Cc1ccccc1. The molecule has 4 heteroatoms. The molecule has 0 atom stereocenters. The van der Waals surface area contributed by atoms with E-state index < -0.39 is 0 Å². The molecule has 0 bridgehead atoms. The molecule has 146 valence electrons. The first-order valence-corrected chi connectivity index (χ1v) is 10.0. The Morgan fingerprint density at radius 1 is 0.897 bits per heavy atom. The van der Waals surface area contributed by atoms with Gasteiger partial charge in [0, 0.05) is 19.3 Å². The second kappa shape index (κ2) is 8.31. The largest absolute Gasteiger partial charge is 0.329 e. The van der Waals surface area contributed by atoms with Gasteiger partial charge in [0.05, 0.1) is 5.69 Å². The van der Waals surface area contributed by atoms with Crippen molar-refractivity contribution in [1.82, 2.24) is 14.3 Å². The molecule has 4 nitrogen and oxygen atoms in total. The number of rotatable bonds is 6. The summed E-state index contributed by atoms with van der Waals surface area (Å²) in [6.07, 6.45) is 2.65. The number of fused-ring (bicyclic) bond motifs is 1. The number of pyridine rings is 1. The first-order valence-electron chi connectivity index (χ1n) is 10.0. The molecule has 2 aromatic carbocycles. The van der Waals surface area contributed by atoms with Crippen molar-refractivity contribution in [2.45, 2.75) is 33.4 Å². The number of benzene rings is 2. The number of imidazole rings is 1. The highest BCUT2D eigenvalue weighted by molar-refractivity contribution is 5.95. The second-order valence-electron chi connectivity index (χ2n) is 7.28. The zero-order valence-corrected chi connectivity index (χ0v) is 16.9. The van der Waals surface area contributed by atoms with Crippen molar-refractivity contribution in [1.29, 1.82) is 0 Å². The van der Waals surface area contributed by atoms with Crippen molar-refractivity contribution >= 4 is 11.6 Å². The fraction of sp³-hybridized carbons (Fsp3) is 0.200. The number of amides is 1. The predicted octanol–water partition coefficient (Wildman–Crippen LogP) is 5.05. The highest BCUT2D eigenvalue weighted by Gasteiger charge is 2.24. The highest BCUT2D eigenvalue weighted by Crippen LogP contribution is 2.21. The minimum absolute atomic E-state index is 0.00709. The Bertz CT molecular complexity index is 1080. The van der Waals surface area contributed by atoms with Crippen molar-refractivity contribution in [3.63, 3.8) is 0 Å². The highest BCUT2D eigenvalue weighted by atomic mass is 16.2. The van der Waals surface area contributed by atoms with Gasteiger partial charge in [0.1, 0.15) is 11.3 Å². The van der Waals surface area contributed by atoms with E-state index in [0.717, 1.165) is 28.0 Å². The average molecular weight is 383 g/mol. The first kappa shape index (κ1) is 18.9. The molecular formula is C25H25N3O. The van der Waals surface area contributed by atoms with Crippen molar-refractivity contribution in [3.8, 4) is 0 Å². The lowest BCUT2D eigenvalue weighted by molar-refractivity contribution is 0.0721. The van der Waals surface area contributed by atoms with Crippen LogP contribution < -0.4 is 0 Å². The summed E-state index contributed by atoms with van der Waals surface area (Å²) in [4.78, 5) is 20.5. The lowest BCUT2D eigenvalue weighted by Crippen LogP contribution is -2.31. The molecule has 2 heterocycles. The maximum atomic E-state index is 13.8. The molecule has 0 fully saturated rings. The maximum absolute atomic E-state index is 13.8. The Morgan fingerprint density at radius 3 is 2.03 bits per heavy atom. The molecule has 2 aromatic heterocycles. The van der Waals surface area contributed by atoms with E-state index in [4.69, 9.17) is 4.98 Å². The Kier molecular flexibility index (Phi) is 5.43. The molecule has 0 aliphatic carbocycles. The number of hydrogen-bond donors (Lipinski definition) is 0. The predicted molar refractivity (Wildman–Crippen MR) is 116 cm³/mol. The van der Waals surface area contributed by atoms with Gasteiger partial charge in [-0.3, -0.25) is 9.20 Å². The minimum Gasteiger partial charge on any atom is -0.329 e. The van der Waals surface area contributed by atoms with Gasteiger partial charge >= 0.3 is 0 Å². The van der Waals surface area contributed by atoms with E-state index in [-0.39, 0.29) is 5.91 Å². The van der Waals surface area contributed by atoms with Gasteiger partial charge in [-0.05, 0) is 36.1 Å². The molecule has 4 aromatic rings. The van der Waals surface area contributed by atoms with Crippen LogP contribution in [0.3, 0.4) is 0 Å². The molecule has 0 saturated carbocycles. The van der Waals surface area contributed by atoms with Crippen LogP contribution in [0, 0.1) is 6.92 Å². The van der Waals surface area contributed by atoms with Crippen LogP contribution in [0.25, 0.3) is 5.65 Å². The fourth-order valence-corrected chi connectivity index (χ4v) is 3.68. The summed E-state index contributed by atoms with van der Waals surface area (Å²) < 4.78 is 1.94. The van der Waals surface area contributed by atoms with Gasteiger partial charge in [-0.1, -0.05) is 73.7 Å². The third kappa shape index (κ3) is 3.92. The number of aryl methyl sites for hydroxylation is 2. The van der Waals surface area contributed by atoms with Crippen LogP contribution in [-0.2, 0) is 19.5 Å². The molecule has 0 unspecified atom stereocenters. The molecule has 0 aliphatic rings. The van der Waals surface area contributed by atoms with Crippen LogP contribution in [0.1, 0.15) is 39.8 Å². The van der Waals surface area contributed by atoms with E-state index in [2.05, 4.69) is 24.3 Å². The lowest BCUT2D eigenvalue weighted by Gasteiger charge is -2.23. The monoisotopic (exact) mass is 383 g/mol. The minimum atomic E-state index is 0.00709. The Labute approximate surface area is 171 Å². The van der Waals surface area contributed by atoms with Crippen molar-refractivity contribution in [2.75, 3.05) is 0 Å². The van der Waals surface area contributed by atoms with E-state index in [1.54, 1.807) is 0 Å². The van der Waals surface area contributed by atoms with Crippen LogP contribution in [0.15, 0.2) is 79.0 Å². The number of carbonyl (C=O) groups is 1. The lowest BCUT2D eigenvalue weighted by atomic mass is 10.1. The Balaban J connectivity index is 1.77. The summed E-state index contributed by atoms with van der Waals surface area (Å²) in [5.41, 5.74) is 5.65. The zero-order valence-electron chi connectivity index (χ0n) is 16.9. The van der Waals surface area contributed by atoms with Crippen molar-refractivity contribution in [3.05, 3.63) is 107 Å². The summed E-state index contributed by atoms with van der Waals surface area (Å²) in [7, 11) is 0. The van der Waals surface area contributed by atoms with Gasteiger partial charge in [-0.2, -0.15) is 0 Å². The standard InChI is InChI=1S/C25H25N3O/c1-3-22-23(28-16-10-11-19(2)24(28)26-22)25(29)27(17-20-12-6-4-7-13-20)18-21-14-8-5-9-15-21/h4-16H,3,17-18H2,1-2H3. The summed E-state index contributed by atoms with van der Waals surface area (Å²) in [5.74, 6) is 0.00709. The molecule has 1 amide bonds. The van der Waals surface area contributed by atoms with E-state index in [1.807, 2.05) is 77.9 Å². The van der Waals surface area contributed by atoms with Crippen molar-refractivity contribution in [2.24, 2.45) is 0 Å². The average Bonchev–Trinajstić information content (AvgIpc) is 3.14. The topological polar surface area (TPSA) is 37.6 Å². The van der Waals surface area contributed by atoms with Gasteiger partial charge in [-0.25, -0.2) is 4.98 Å². The summed E-state index contributed by atoms with van der Waals surface area (Å²) >= 11 is 0. The van der Waals surface area contributed by atoms with Gasteiger partial charge in [0.15, 0.2) is 0 Å². The van der Waals surface area contributed by atoms with Crippen LogP contribution >= 0.6 is 0 Å². The molecule has 4 rings (SSSR count). The molecule has 0 spiro atoms. The van der Waals surface area contributed by atoms with Crippen LogP contribution in [0.4, 0.5) is 0 Å². The maximum Gasteiger partial charge on any atom is 0.273 e. The summed E-state index contributed by atoms with van der Waals surface area (Å²) in [5, 5.41) is 0. The Morgan fingerprint density at radius 2 is 1.48 bits per heavy atom. The number of aromatic nitrogens is 2. The van der Waals surface area contributed by atoms with Crippen LogP contribution in [0.5, 0.6) is 0 Å². The third-order valence-corrected chi connectivity index (χ3v) is 5.17. The molecule has 0 radical (unpaired) electrons. The van der Waals surface area contributed by atoms with E-state index in [0.29, 0.717) is 25.2 Å². The van der Waals surface area contributed by atoms with Gasteiger partial charge < -0.3 is 4.90 Å². The first-order chi connectivity index (χ1) is 14.2. The van der Waals surface area contributed by atoms with Gasteiger partial charge in [0.2, 0.25) is 0 Å². The number of nitrogens with zero attached hydrogens (tertiary/aromatic N) is 3. The third-order valence-electron chi connectivity index (χ3n) is 5.17. The molecule has 29 heavy (non-hydrogen) atoms. The van der Waals surface area contributed by atoms with Crippen molar-refractivity contribution < 1.29 is 4.79 Å². The molecule has 0 aliphatic heterocycles. The summed E-state index contributed by atoms with van der Waals surface area (Å²) in [6, 6.07) is 24.3. The van der Waals surface area contributed by atoms with Gasteiger partial charge in [-0.15, -0.1) is 0 Å². The molecule has 0 saturated heterocycles. The van der Waals surface area contributed by atoms with Crippen LogP contribution in [-0.4, -0.2) is 20.2 Å². The van der Waals surface area contributed by atoms with E-state index >= 15 is 0 Å².